The van der Waals surface area contributed by atoms with E-state index in [-0.39, 0.29) is 46.2 Å². The Morgan fingerprint density at radius 1 is 1.21 bits per heavy atom. The van der Waals surface area contributed by atoms with E-state index in [4.69, 9.17) is 4.74 Å². The van der Waals surface area contributed by atoms with E-state index in [9.17, 15) is 26.4 Å². The number of hydrogen-bond acceptors (Lipinski definition) is 5. The van der Waals surface area contributed by atoms with Crippen LogP contribution in [0.5, 0.6) is 5.75 Å². The second kappa shape index (κ2) is 8.08. The van der Waals surface area contributed by atoms with Gasteiger partial charge in [0, 0.05) is 25.4 Å². The van der Waals surface area contributed by atoms with E-state index in [2.05, 4.69) is 9.71 Å². The summed E-state index contributed by atoms with van der Waals surface area (Å²) in [5.41, 5.74) is 0.523. The molecule has 4 rings (SSSR count). The number of sulfonamides is 1. The first-order valence-electron chi connectivity index (χ1n) is 10.3. The van der Waals surface area contributed by atoms with Gasteiger partial charge in [0.15, 0.2) is 5.75 Å². The largest absolute Gasteiger partial charge is 0.491 e. The van der Waals surface area contributed by atoms with Crippen LogP contribution in [-0.4, -0.2) is 35.4 Å². The molecule has 2 heterocycles. The highest BCUT2D eigenvalue weighted by molar-refractivity contribution is 7.92. The van der Waals surface area contributed by atoms with Crippen LogP contribution < -0.4 is 15.0 Å². The Kier molecular flexibility index (Phi) is 5.67. The highest BCUT2D eigenvalue weighted by Gasteiger charge is 2.39. The van der Waals surface area contributed by atoms with Gasteiger partial charge in [-0.15, -0.1) is 0 Å². The lowest BCUT2D eigenvalue weighted by molar-refractivity contribution is -0.147. The third-order valence-electron chi connectivity index (χ3n) is 5.59. The maximum absolute atomic E-state index is 13.8. The van der Waals surface area contributed by atoms with Crippen LogP contribution in [0.2, 0.25) is 0 Å². The molecule has 0 radical (unpaired) electrons. The number of methoxy groups -OCH3 is 1. The summed E-state index contributed by atoms with van der Waals surface area (Å²) in [6.45, 7) is 1.55. The number of pyridine rings is 1. The van der Waals surface area contributed by atoms with Crippen LogP contribution in [0.15, 0.2) is 29.2 Å². The van der Waals surface area contributed by atoms with Crippen molar-refractivity contribution in [3.05, 3.63) is 40.6 Å². The molecule has 0 bridgehead atoms. The summed E-state index contributed by atoms with van der Waals surface area (Å²) in [4.78, 5) is 16.0. The average molecular weight is 485 g/mol. The number of imidazole rings is 1. The van der Waals surface area contributed by atoms with Gasteiger partial charge in [0.1, 0.15) is 5.52 Å². The first-order chi connectivity index (χ1) is 15.4. The molecule has 1 aromatic carbocycles. The lowest BCUT2D eigenvalue weighted by atomic mass is 10.1. The summed E-state index contributed by atoms with van der Waals surface area (Å²) in [6, 6.07) is 4.42. The molecule has 0 amide bonds. The fourth-order valence-corrected chi connectivity index (χ4v) is 4.29. The zero-order chi connectivity index (χ0) is 24.1. The van der Waals surface area contributed by atoms with Crippen LogP contribution in [-0.2, 0) is 29.8 Å². The minimum absolute atomic E-state index is 0.0493. The Morgan fingerprint density at radius 2 is 1.91 bits per heavy atom. The molecule has 1 saturated carbocycles. The first kappa shape index (κ1) is 23.1. The number of hydrogen-bond donors (Lipinski definition) is 1. The van der Waals surface area contributed by atoms with E-state index in [1.165, 1.54) is 50.0 Å². The molecule has 12 heteroatoms. The Hall–Kier alpha value is -3.02. The predicted molar refractivity (Wildman–Crippen MR) is 118 cm³/mol. The lowest BCUT2D eigenvalue weighted by Gasteiger charge is -2.13. The van der Waals surface area contributed by atoms with Crippen LogP contribution in [0.4, 0.5) is 18.9 Å². The van der Waals surface area contributed by atoms with Crippen LogP contribution >= 0.6 is 0 Å². The highest BCUT2D eigenvalue weighted by atomic mass is 32.2. The van der Waals surface area contributed by atoms with Crippen LogP contribution in [0.1, 0.15) is 25.6 Å². The molecule has 2 aromatic heterocycles. The third-order valence-corrected chi connectivity index (χ3v) is 6.89. The van der Waals surface area contributed by atoms with Gasteiger partial charge in [0.05, 0.1) is 24.1 Å². The smallest absolute Gasteiger partial charge is 0.449 e. The minimum Gasteiger partial charge on any atom is -0.491 e. The molecular weight excluding hydrogens is 461 g/mol. The summed E-state index contributed by atoms with van der Waals surface area (Å²) in [5.74, 6) is -1.17. The summed E-state index contributed by atoms with van der Waals surface area (Å²) in [5, 5.41) is 0. The number of fused-ring (bicyclic) bond motifs is 1. The van der Waals surface area contributed by atoms with Crippen molar-refractivity contribution in [1.82, 2.24) is 14.1 Å². The number of aryl methyl sites for hydroxylation is 1. The molecule has 0 aliphatic heterocycles. The molecule has 178 valence electrons. The average Bonchev–Trinajstić information content (AvgIpc) is 3.48. The van der Waals surface area contributed by atoms with E-state index in [0.29, 0.717) is 11.1 Å². The molecule has 1 fully saturated rings. The van der Waals surface area contributed by atoms with Gasteiger partial charge in [-0.3, -0.25) is 9.52 Å². The van der Waals surface area contributed by atoms with Crippen molar-refractivity contribution in [2.24, 2.45) is 13.0 Å². The molecule has 0 spiro atoms. The fourth-order valence-electron chi connectivity index (χ4n) is 3.65. The topological polar surface area (TPSA) is 95.2 Å². The molecule has 1 aliphatic rings. The number of halogens is 3. The van der Waals surface area contributed by atoms with Gasteiger partial charge in [-0.2, -0.15) is 13.2 Å². The highest BCUT2D eigenvalue weighted by Crippen LogP contribution is 2.40. The van der Waals surface area contributed by atoms with Gasteiger partial charge in [-0.1, -0.05) is 0 Å². The molecule has 1 aliphatic carbocycles. The first-order valence-corrected chi connectivity index (χ1v) is 12.0. The molecule has 0 unspecified atom stereocenters. The second-order valence-corrected chi connectivity index (χ2v) is 10.1. The number of ether oxygens (including phenoxy) is 1. The molecule has 1 N–H and O–H groups in total. The Bertz CT molecular complexity index is 1390. The van der Waals surface area contributed by atoms with Gasteiger partial charge in [-0.25, -0.2) is 13.4 Å². The van der Waals surface area contributed by atoms with Gasteiger partial charge in [0.2, 0.25) is 15.8 Å². The van der Waals surface area contributed by atoms with Gasteiger partial charge in [0.25, 0.3) is 5.56 Å². The molecule has 0 atom stereocenters. The Balaban J connectivity index is 2.02. The molecular formula is C21H23F3N4O4S. The van der Waals surface area contributed by atoms with Crippen molar-refractivity contribution in [2.75, 3.05) is 17.6 Å². The van der Waals surface area contributed by atoms with E-state index in [1.807, 2.05) is 0 Å². The lowest BCUT2D eigenvalue weighted by Crippen LogP contribution is -2.18. The molecule has 8 nitrogen and oxygen atoms in total. The van der Waals surface area contributed by atoms with E-state index < -0.39 is 22.0 Å². The quantitative estimate of drug-likeness (QED) is 0.553. The number of nitrogens with zero attached hydrogens (tertiary/aromatic N) is 3. The number of rotatable bonds is 7. The van der Waals surface area contributed by atoms with E-state index >= 15 is 0 Å². The van der Waals surface area contributed by atoms with Crippen molar-refractivity contribution >= 4 is 26.7 Å². The number of anilines is 1. The molecule has 0 saturated heterocycles. The van der Waals surface area contributed by atoms with Crippen molar-refractivity contribution < 1.29 is 26.3 Å². The molecule has 3 aromatic rings. The molecule has 33 heavy (non-hydrogen) atoms. The predicted octanol–water partition coefficient (Wildman–Crippen LogP) is 3.60. The summed E-state index contributed by atoms with van der Waals surface area (Å²) in [6.07, 6.45) is -1.56. The fraction of sp³-hybridized carbons (Fsp3) is 0.429. The minimum atomic E-state index is -4.71. The van der Waals surface area contributed by atoms with Crippen LogP contribution in [0, 0.1) is 5.92 Å². The van der Waals surface area contributed by atoms with Crippen molar-refractivity contribution in [3.63, 3.8) is 0 Å². The van der Waals surface area contributed by atoms with Gasteiger partial charge >= 0.3 is 6.18 Å². The van der Waals surface area contributed by atoms with Gasteiger partial charge in [-0.05, 0) is 49.4 Å². The van der Waals surface area contributed by atoms with E-state index in [1.54, 1.807) is 0 Å². The van der Waals surface area contributed by atoms with Gasteiger partial charge < -0.3 is 13.9 Å². The number of aromatic nitrogens is 3. The summed E-state index contributed by atoms with van der Waals surface area (Å²) < 4.78 is 76.0. The second-order valence-electron chi connectivity index (χ2n) is 8.10. The van der Waals surface area contributed by atoms with E-state index in [0.717, 1.165) is 17.4 Å². The Labute approximate surface area is 188 Å². The normalized spacial score (nSPS) is 14.6. The third kappa shape index (κ3) is 4.56. The number of nitrogens with one attached hydrogen (secondary N) is 1. The van der Waals surface area contributed by atoms with Crippen molar-refractivity contribution in [3.8, 4) is 16.9 Å². The zero-order valence-electron chi connectivity index (χ0n) is 18.2. The number of alkyl halides is 3. The monoisotopic (exact) mass is 484 g/mol. The van der Waals surface area contributed by atoms with Crippen molar-refractivity contribution in [2.45, 2.75) is 32.5 Å². The Morgan fingerprint density at radius 3 is 2.48 bits per heavy atom. The van der Waals surface area contributed by atoms with Crippen LogP contribution in [0.3, 0.4) is 0 Å². The maximum Gasteiger partial charge on any atom is 0.449 e. The van der Waals surface area contributed by atoms with Crippen molar-refractivity contribution in [1.29, 1.82) is 0 Å². The zero-order valence-corrected chi connectivity index (χ0v) is 19.0. The maximum atomic E-state index is 13.8. The standard InChI is InChI=1S/C21H23F3N4O4S/c1-4-33(30,31)26-15-7-13(14-9-17(32-3)19(29)27(2)11-14)8-16-18(15)25-20(21(22,23)24)28(16)10-12-5-6-12/h7-9,11-12,26H,4-6,10H2,1-3H3. The van der Waals surface area contributed by atoms with Crippen LogP contribution in [0.25, 0.3) is 22.2 Å². The number of benzene rings is 1. The SMILES string of the molecule is CCS(=O)(=O)Nc1cc(-c2cc(OC)c(=O)n(C)c2)cc2c1nc(C(F)(F)F)n2CC1CC1. The summed E-state index contributed by atoms with van der Waals surface area (Å²) in [7, 11) is -0.942. The summed E-state index contributed by atoms with van der Waals surface area (Å²) >= 11 is 0.